The minimum Gasteiger partial charge on any atom is -0.305 e. The maximum Gasteiger partial charge on any atom is 0.326 e. The molecule has 0 saturated heterocycles. The molecule has 0 unspecified atom stereocenters. The number of rotatable bonds is 2. The van der Waals surface area contributed by atoms with Gasteiger partial charge in [0.25, 0.3) is 0 Å². The van der Waals surface area contributed by atoms with Gasteiger partial charge >= 0.3 is 5.69 Å². The summed E-state index contributed by atoms with van der Waals surface area (Å²) < 4.78 is 14.5. The zero-order valence-corrected chi connectivity index (χ0v) is 7.88. The van der Waals surface area contributed by atoms with Crippen molar-refractivity contribution in [2.24, 2.45) is 0 Å². The lowest BCUT2D eigenvalue weighted by molar-refractivity contribution is 0.629. The molecule has 1 aromatic carbocycles. The summed E-state index contributed by atoms with van der Waals surface area (Å²) >= 11 is 0. The number of aryl methyl sites for hydroxylation is 1. The molecular weight excluding hydrogens is 183 g/mol. The fourth-order valence-electron chi connectivity index (χ4n) is 1.58. The van der Waals surface area contributed by atoms with Crippen molar-refractivity contribution in [2.45, 2.75) is 19.9 Å². The zero-order chi connectivity index (χ0) is 10.1. The number of hydrogen-bond donors (Lipinski definition) is 1. The van der Waals surface area contributed by atoms with Crippen LogP contribution < -0.4 is 5.69 Å². The number of nitrogens with zero attached hydrogens (tertiary/aromatic N) is 1. The van der Waals surface area contributed by atoms with Crippen LogP contribution in [-0.2, 0) is 6.54 Å². The summed E-state index contributed by atoms with van der Waals surface area (Å²) in [4.78, 5) is 14.0. The first kappa shape index (κ1) is 8.99. The van der Waals surface area contributed by atoms with Crippen LogP contribution in [0.25, 0.3) is 11.0 Å². The molecule has 0 aliphatic heterocycles. The second-order valence-corrected chi connectivity index (χ2v) is 3.24. The maximum absolute atomic E-state index is 12.8. The van der Waals surface area contributed by atoms with Gasteiger partial charge in [-0.05, 0) is 24.6 Å². The molecular formula is C10H11FN2O. The summed E-state index contributed by atoms with van der Waals surface area (Å²) in [5, 5.41) is 0. The molecule has 2 rings (SSSR count). The highest BCUT2D eigenvalue weighted by Crippen LogP contribution is 2.11. The summed E-state index contributed by atoms with van der Waals surface area (Å²) in [5.41, 5.74) is 1.15. The number of hydrogen-bond acceptors (Lipinski definition) is 1. The van der Waals surface area contributed by atoms with Gasteiger partial charge in [-0.15, -0.1) is 0 Å². The number of halogens is 1. The molecule has 14 heavy (non-hydrogen) atoms. The Balaban J connectivity index is 2.71. The molecule has 74 valence electrons. The number of benzene rings is 1. The smallest absolute Gasteiger partial charge is 0.305 e. The Morgan fingerprint density at radius 1 is 1.50 bits per heavy atom. The standard InChI is InChI=1S/C10H11FN2O/c1-2-5-13-9-4-3-7(11)6-8(9)12-10(13)14/h3-4,6H,2,5H2,1H3,(H,12,14). The molecule has 0 spiro atoms. The third-order valence-electron chi connectivity index (χ3n) is 2.18. The Kier molecular flexibility index (Phi) is 2.11. The lowest BCUT2D eigenvalue weighted by Crippen LogP contribution is -2.16. The van der Waals surface area contributed by atoms with E-state index in [0.717, 1.165) is 11.9 Å². The normalized spacial score (nSPS) is 11.0. The zero-order valence-electron chi connectivity index (χ0n) is 7.88. The van der Waals surface area contributed by atoms with Crippen molar-refractivity contribution in [1.29, 1.82) is 0 Å². The summed E-state index contributed by atoms with van der Waals surface area (Å²) in [6.45, 7) is 2.65. The van der Waals surface area contributed by atoms with Crippen molar-refractivity contribution in [3.8, 4) is 0 Å². The van der Waals surface area contributed by atoms with Gasteiger partial charge in [-0.3, -0.25) is 4.57 Å². The largest absolute Gasteiger partial charge is 0.326 e. The average molecular weight is 194 g/mol. The van der Waals surface area contributed by atoms with Gasteiger partial charge in [0.05, 0.1) is 11.0 Å². The van der Waals surface area contributed by atoms with Gasteiger partial charge in [0, 0.05) is 6.54 Å². The molecule has 0 aliphatic rings. The third-order valence-corrected chi connectivity index (χ3v) is 2.18. The molecule has 0 atom stereocenters. The van der Waals surface area contributed by atoms with E-state index >= 15 is 0 Å². The fourth-order valence-corrected chi connectivity index (χ4v) is 1.58. The Labute approximate surface area is 80.2 Å². The number of H-pyrrole nitrogens is 1. The van der Waals surface area contributed by atoms with E-state index in [-0.39, 0.29) is 11.5 Å². The summed E-state index contributed by atoms with van der Waals surface area (Å²) in [7, 11) is 0. The van der Waals surface area contributed by atoms with E-state index in [4.69, 9.17) is 0 Å². The summed E-state index contributed by atoms with van der Waals surface area (Å²) in [6, 6.07) is 4.32. The van der Waals surface area contributed by atoms with Crippen molar-refractivity contribution in [1.82, 2.24) is 9.55 Å². The van der Waals surface area contributed by atoms with E-state index in [9.17, 15) is 9.18 Å². The van der Waals surface area contributed by atoms with Gasteiger partial charge in [-0.25, -0.2) is 9.18 Å². The predicted molar refractivity (Wildman–Crippen MR) is 52.8 cm³/mol. The van der Waals surface area contributed by atoms with Crippen LogP contribution in [0, 0.1) is 5.82 Å². The highest BCUT2D eigenvalue weighted by atomic mass is 19.1. The molecule has 0 aliphatic carbocycles. The van der Waals surface area contributed by atoms with Crippen molar-refractivity contribution in [3.05, 3.63) is 34.5 Å². The fraction of sp³-hybridized carbons (Fsp3) is 0.300. The number of nitrogens with one attached hydrogen (secondary N) is 1. The molecule has 0 bridgehead atoms. The van der Waals surface area contributed by atoms with E-state index in [1.165, 1.54) is 12.1 Å². The topological polar surface area (TPSA) is 37.8 Å². The molecule has 4 heteroatoms. The molecule has 1 aromatic heterocycles. The number of aromatic nitrogens is 2. The molecule has 3 nitrogen and oxygen atoms in total. The van der Waals surface area contributed by atoms with Crippen LogP contribution in [0.5, 0.6) is 0 Å². The van der Waals surface area contributed by atoms with Crippen molar-refractivity contribution < 1.29 is 4.39 Å². The van der Waals surface area contributed by atoms with E-state index in [0.29, 0.717) is 12.1 Å². The van der Waals surface area contributed by atoms with Gasteiger partial charge in [0.1, 0.15) is 5.82 Å². The monoisotopic (exact) mass is 194 g/mol. The van der Waals surface area contributed by atoms with Crippen LogP contribution in [0.15, 0.2) is 23.0 Å². The highest BCUT2D eigenvalue weighted by molar-refractivity contribution is 5.75. The first-order valence-electron chi connectivity index (χ1n) is 4.60. The Morgan fingerprint density at radius 3 is 3.00 bits per heavy atom. The van der Waals surface area contributed by atoms with Gasteiger partial charge in [0.15, 0.2) is 0 Å². The minimum atomic E-state index is -0.331. The van der Waals surface area contributed by atoms with Crippen LogP contribution in [0.3, 0.4) is 0 Å². The Bertz CT molecular complexity index is 512. The second-order valence-electron chi connectivity index (χ2n) is 3.24. The molecule has 0 fully saturated rings. The van der Waals surface area contributed by atoms with Crippen molar-refractivity contribution in [3.63, 3.8) is 0 Å². The second kappa shape index (κ2) is 3.29. The van der Waals surface area contributed by atoms with E-state index in [1.807, 2.05) is 6.92 Å². The van der Waals surface area contributed by atoms with Crippen LogP contribution >= 0.6 is 0 Å². The first-order valence-corrected chi connectivity index (χ1v) is 4.60. The third kappa shape index (κ3) is 1.32. The number of imidazole rings is 1. The number of fused-ring (bicyclic) bond motifs is 1. The average Bonchev–Trinajstić information content (AvgIpc) is 2.43. The maximum atomic E-state index is 12.8. The molecule has 0 saturated carbocycles. The van der Waals surface area contributed by atoms with Crippen LogP contribution in [0.4, 0.5) is 4.39 Å². The van der Waals surface area contributed by atoms with E-state index in [2.05, 4.69) is 4.98 Å². The summed E-state index contributed by atoms with van der Waals surface area (Å²) in [5.74, 6) is -0.331. The number of aromatic amines is 1. The van der Waals surface area contributed by atoms with Crippen molar-refractivity contribution >= 4 is 11.0 Å². The van der Waals surface area contributed by atoms with Gasteiger partial charge in [-0.2, -0.15) is 0 Å². The van der Waals surface area contributed by atoms with Crippen LogP contribution in [-0.4, -0.2) is 9.55 Å². The molecule has 0 radical (unpaired) electrons. The van der Waals surface area contributed by atoms with Crippen LogP contribution in [0.2, 0.25) is 0 Å². The van der Waals surface area contributed by atoms with Gasteiger partial charge < -0.3 is 4.98 Å². The minimum absolute atomic E-state index is 0.174. The molecule has 1 heterocycles. The summed E-state index contributed by atoms with van der Waals surface area (Å²) in [6.07, 6.45) is 0.879. The Hall–Kier alpha value is -1.58. The Morgan fingerprint density at radius 2 is 2.29 bits per heavy atom. The quantitative estimate of drug-likeness (QED) is 0.778. The van der Waals surface area contributed by atoms with E-state index in [1.54, 1.807) is 10.6 Å². The first-order chi connectivity index (χ1) is 6.72. The van der Waals surface area contributed by atoms with Crippen LogP contribution in [0.1, 0.15) is 13.3 Å². The lowest BCUT2D eigenvalue weighted by atomic mass is 10.3. The highest BCUT2D eigenvalue weighted by Gasteiger charge is 2.05. The molecule has 0 amide bonds. The van der Waals surface area contributed by atoms with Gasteiger partial charge in [0.2, 0.25) is 0 Å². The predicted octanol–water partition coefficient (Wildman–Crippen LogP) is 1.88. The lowest BCUT2D eigenvalue weighted by Gasteiger charge is -1.98. The van der Waals surface area contributed by atoms with E-state index < -0.39 is 0 Å². The van der Waals surface area contributed by atoms with Gasteiger partial charge in [-0.1, -0.05) is 6.92 Å². The SMILES string of the molecule is CCCn1c(=O)[nH]c2cc(F)ccc21. The van der Waals surface area contributed by atoms with Crippen molar-refractivity contribution in [2.75, 3.05) is 0 Å². The molecule has 2 aromatic rings. The molecule has 1 N–H and O–H groups in total.